The minimum Gasteiger partial charge on any atom is -0.495 e. The van der Waals surface area contributed by atoms with Gasteiger partial charge in [0.2, 0.25) is 46.9 Å². The number of ketones is 2. The topological polar surface area (TPSA) is 402 Å². The summed E-state index contributed by atoms with van der Waals surface area (Å²) in [5.74, 6) is -14.1. The summed E-state index contributed by atoms with van der Waals surface area (Å²) >= 11 is 15.9. The molecular weight excluding hydrogens is 1770 g/mol. The number of benzene rings is 3. The van der Waals surface area contributed by atoms with Crippen molar-refractivity contribution in [2.24, 2.45) is 11.8 Å². The Morgan fingerprint density at radius 1 is 0.625 bits per heavy atom. The van der Waals surface area contributed by atoms with Gasteiger partial charge in [-0.15, -0.1) is 0 Å². The maximum atomic E-state index is 14.3. The number of thioether (sulfide) groups is 2. The number of allylic oxidation sites excluding steroid dienone is 6. The number of hydrogen-bond acceptors (Lipinski definition) is 27. The maximum absolute atomic E-state index is 14.3. The van der Waals surface area contributed by atoms with E-state index in [1.807, 2.05) is 26.0 Å². The summed E-state index contributed by atoms with van der Waals surface area (Å²) in [4.78, 5) is 161. The van der Waals surface area contributed by atoms with E-state index >= 15 is 0 Å². The fourth-order valence-electron chi connectivity index (χ4n) is 15.2. The minimum atomic E-state index is -1.90. The molecule has 40 heteroatoms. The van der Waals surface area contributed by atoms with Crippen molar-refractivity contribution < 1.29 is 137 Å². The highest BCUT2D eigenvalue weighted by Gasteiger charge is 2.66. The number of nitrogens with one attached hydrogen (secondary N) is 3. The monoisotopic (exact) mass is 1880 g/mol. The zero-order valence-electron chi connectivity index (χ0n) is 74.5. The number of rotatable bonds is 28. The summed E-state index contributed by atoms with van der Waals surface area (Å²) in [6.45, 7) is 15.3. The molecule has 128 heavy (non-hydrogen) atoms. The number of halogens is 6. The van der Waals surface area contributed by atoms with E-state index < -0.39 is 185 Å². The predicted octanol–water partition coefficient (Wildman–Crippen LogP) is 10.3. The largest absolute Gasteiger partial charge is 0.495 e. The lowest BCUT2D eigenvalue weighted by Gasteiger charge is -2.42. The second kappa shape index (κ2) is 45.4. The molecule has 0 unspecified atom stereocenters. The lowest BCUT2D eigenvalue weighted by molar-refractivity contribution is -0.162. The van der Waals surface area contributed by atoms with Crippen LogP contribution >= 0.6 is 46.7 Å². The second-order valence-corrected chi connectivity index (χ2v) is 35.8. The molecule has 6 aliphatic heterocycles. The van der Waals surface area contributed by atoms with Crippen LogP contribution < -0.4 is 40.0 Å². The van der Waals surface area contributed by atoms with Gasteiger partial charge in [-0.2, -0.15) is 32.3 Å². The zero-order chi connectivity index (χ0) is 94.9. The first-order valence-electron chi connectivity index (χ1n) is 41.3. The lowest BCUT2D eigenvalue weighted by atomic mass is 9.83. The van der Waals surface area contributed by atoms with Gasteiger partial charge in [-0.05, 0) is 103 Å². The summed E-state index contributed by atoms with van der Waals surface area (Å²) in [6.07, 6.45) is 0.168. The van der Waals surface area contributed by atoms with Crippen LogP contribution in [-0.2, 0) is 98.7 Å². The van der Waals surface area contributed by atoms with Crippen LogP contribution in [0.3, 0.4) is 0 Å². The number of methoxy groups -OCH3 is 4. The van der Waals surface area contributed by atoms with Crippen molar-refractivity contribution in [3.63, 3.8) is 0 Å². The number of nitrogens with zero attached hydrogens (tertiary/aromatic N) is 4. The minimum absolute atomic E-state index is 0.0298. The van der Waals surface area contributed by atoms with Gasteiger partial charge in [-0.25, -0.2) is 28.0 Å². The first kappa shape index (κ1) is 104. The number of esters is 3. The third-order valence-corrected chi connectivity index (χ3v) is 26.1. The molecule has 6 aliphatic rings. The Bertz CT molecular complexity index is 4750. The standard InChI is InChI=1S/C47H56ClF4N3O13S.C41H57ClN4O12S/c1-24-11-9-13-34(64-8)47(62)22-33(65-45(61)53-47)25(2)43-46(4,68-43)35(21-37(58)55(6)31-18-27(17-24)19-32(63-7)39(31)48)66-44(60)26(3)54(5)36(57)15-16-69-23-28(56)12-10-14-38(59)67-42-40(51)29(49)20-30(50)41(42)52;1-23-11-10-12-31(55-9)41(53)21-30(56-39(52)44-41)25(3)37-40(5,58-37)32(20-35(50)46(7)28-18-27(17-23)19-29(54-8)36(28)42)57-38(51)26(4)45(6)34(49)14-16-59-22-33(48)43-15-13-24(2)47/h9,11,13,18-20,25-26,33-35,43,62H,10,12,14-17,21-23H2,1-8H3,(H,53,61);10-12,18-19,25-26,30-32,37,53H,13-17,20-22H2,1-9H3,(H,43,48)(H,44,52)/b13-9+,24-11+;12-10+,23-11+/t25-,26+,33+,34-,35+,43+,46+,47+;25-,26+,30+,31-,32+,37+,40+,41+/m11/s1. The molecule has 0 aliphatic carbocycles. The predicted molar refractivity (Wildman–Crippen MR) is 465 cm³/mol. The molecule has 6 heterocycles. The highest BCUT2D eigenvalue weighted by molar-refractivity contribution is 8.00. The van der Waals surface area contributed by atoms with Gasteiger partial charge in [0, 0.05) is 123 Å². The van der Waals surface area contributed by atoms with Crippen molar-refractivity contribution in [2.45, 2.75) is 223 Å². The van der Waals surface area contributed by atoms with Crippen molar-refractivity contribution in [1.29, 1.82) is 0 Å². The Labute approximate surface area is 758 Å². The number of carbonyl (C=O) groups excluding carboxylic acids is 12. The quantitative estimate of drug-likeness (QED) is 0.00857. The Morgan fingerprint density at radius 2 is 1.04 bits per heavy atom. The highest BCUT2D eigenvalue weighted by atomic mass is 35.5. The molecule has 5 N–H and O–H groups in total. The number of hydrogen-bond donors (Lipinski definition) is 5. The van der Waals surface area contributed by atoms with Gasteiger partial charge in [-0.3, -0.25) is 49.0 Å². The normalized spacial score (nSPS) is 27.7. The van der Waals surface area contributed by atoms with Crippen LogP contribution in [0.4, 0.5) is 38.5 Å². The van der Waals surface area contributed by atoms with Crippen LogP contribution in [0.1, 0.15) is 138 Å². The van der Waals surface area contributed by atoms with Crippen LogP contribution in [0.25, 0.3) is 0 Å². The van der Waals surface area contributed by atoms with Crippen molar-refractivity contribution in [3.05, 3.63) is 122 Å². The molecular formula is C88H113Cl2F4N7O25S2. The van der Waals surface area contributed by atoms with E-state index in [9.17, 15) is 85.3 Å². The van der Waals surface area contributed by atoms with Crippen molar-refractivity contribution >= 4 is 129 Å². The van der Waals surface area contributed by atoms with E-state index in [0.717, 1.165) is 38.9 Å². The van der Waals surface area contributed by atoms with Gasteiger partial charge in [0.05, 0.1) is 62.1 Å². The first-order chi connectivity index (χ1) is 60.2. The Hall–Kier alpha value is -9.38. The number of carbonyl (C=O) groups is 12. The molecule has 3 aromatic rings. The van der Waals surface area contributed by atoms with Gasteiger partial charge < -0.3 is 87.2 Å². The number of fused-ring (bicyclic) bond motifs is 10. The molecule has 4 fully saturated rings. The fraction of sp³-hybridized carbons (Fsp3) is 0.568. The van der Waals surface area contributed by atoms with Crippen molar-refractivity contribution in [1.82, 2.24) is 25.8 Å². The average Bonchev–Trinajstić information content (AvgIpc) is 1.57. The molecule has 8 bridgehead atoms. The molecule has 3 aromatic carbocycles. The van der Waals surface area contributed by atoms with Crippen LogP contribution in [-0.4, -0.2) is 261 Å². The van der Waals surface area contributed by atoms with Crippen LogP contribution in [0.15, 0.2) is 77.9 Å². The summed E-state index contributed by atoms with van der Waals surface area (Å²) in [6, 6.07) is 4.75. The summed E-state index contributed by atoms with van der Waals surface area (Å²) in [7, 11) is 11.6. The van der Waals surface area contributed by atoms with E-state index in [4.69, 9.17) is 70.6 Å². The van der Waals surface area contributed by atoms with Gasteiger partial charge in [0.25, 0.3) is 0 Å². The van der Waals surface area contributed by atoms with Crippen molar-refractivity contribution in [2.75, 3.05) is 96.0 Å². The molecule has 704 valence electrons. The SMILES string of the molecule is COc1cc2cc(c1Cl)N(C)C(=O)C[C@H](OC(=O)[C@H](C)N(C)C(=O)CCSCC(=O)CCCC(=O)Oc1c(F)c(F)cc(F)c1F)[C@]1(C)O[C@H]1[C@H](C)[C@@H]1C[C@@](O)(NC(=O)O1)[C@H](OC)/C=C/C=C(\C)C2.COc1cc2cc(c1Cl)N(C)C(=O)C[C@H](OC(=O)[C@H](C)N(C)C(=O)CCSCC(=O)NCCC(C)=O)[C@]1(C)O[C@H]1[C@H](C)[C@@H]1C[C@@](O)(NC(=O)O1)[C@H](OC)/C=C/C=C(\C)C2. The van der Waals surface area contributed by atoms with Gasteiger partial charge in [0.1, 0.15) is 93.0 Å². The Kier molecular flexibility index (Phi) is 36.9. The second-order valence-electron chi connectivity index (χ2n) is 32.9. The number of amides is 7. The smallest absolute Gasteiger partial charge is 0.409 e. The highest BCUT2D eigenvalue weighted by Crippen LogP contribution is 2.52. The Balaban J connectivity index is 0.000000320. The van der Waals surface area contributed by atoms with E-state index in [1.54, 1.807) is 83.3 Å². The van der Waals surface area contributed by atoms with Gasteiger partial charge in [-0.1, -0.05) is 84.7 Å². The number of aliphatic hydroxyl groups is 2. The third-order valence-electron chi connectivity index (χ3n) is 23.4. The number of likely N-dealkylation sites (N-methyl/N-ethyl adjacent to an activating group) is 2. The lowest BCUT2D eigenvalue weighted by Crippen LogP contribution is -2.63. The average molecular weight is 1880 g/mol. The maximum Gasteiger partial charge on any atom is 0.409 e. The molecule has 0 aromatic heterocycles. The van der Waals surface area contributed by atoms with Crippen LogP contribution in [0.2, 0.25) is 10.0 Å². The molecule has 4 saturated heterocycles. The Morgan fingerprint density at radius 3 is 1.44 bits per heavy atom. The van der Waals surface area contributed by atoms with Crippen LogP contribution in [0, 0.1) is 35.1 Å². The van der Waals surface area contributed by atoms with Crippen LogP contribution in [0.5, 0.6) is 17.2 Å². The molecule has 32 nitrogen and oxygen atoms in total. The van der Waals surface area contributed by atoms with Gasteiger partial charge >= 0.3 is 30.1 Å². The first-order valence-corrected chi connectivity index (χ1v) is 44.4. The molecule has 0 saturated carbocycles. The van der Waals surface area contributed by atoms with E-state index in [0.29, 0.717) is 41.5 Å². The number of anilines is 2. The molecule has 0 radical (unpaired) electrons. The number of Topliss-reactive ketones (excluding diaryl/α,β-unsaturated/α-hetero) is 2. The zero-order valence-corrected chi connectivity index (χ0v) is 77.6. The molecule has 0 spiro atoms. The third kappa shape index (κ3) is 26.5. The fourth-order valence-corrected chi connectivity index (χ4v) is 17.4. The number of epoxide rings is 2. The van der Waals surface area contributed by atoms with E-state index in [1.165, 1.54) is 96.8 Å². The molecule has 9 rings (SSSR count). The molecule has 7 amide bonds. The molecule has 16 atom stereocenters. The summed E-state index contributed by atoms with van der Waals surface area (Å²) in [5, 5.41) is 31.5. The van der Waals surface area contributed by atoms with E-state index in [2.05, 4.69) is 20.7 Å². The van der Waals surface area contributed by atoms with Gasteiger partial charge in [0.15, 0.2) is 23.1 Å². The number of ether oxygens (including phenoxy) is 11. The number of alkyl carbamates (subject to hydrolysis) is 2. The van der Waals surface area contributed by atoms with Crippen molar-refractivity contribution in [3.8, 4) is 17.2 Å². The van der Waals surface area contributed by atoms with E-state index in [-0.39, 0.29) is 115 Å². The summed E-state index contributed by atoms with van der Waals surface area (Å²) in [5.41, 5.74) is -2.37. The summed E-state index contributed by atoms with van der Waals surface area (Å²) < 4.78 is 117.